The highest BCUT2D eigenvalue weighted by atomic mass is 16.5. The largest absolute Gasteiger partial charge is 0.497 e. The molecule has 0 saturated carbocycles. The maximum atomic E-state index is 5.24. The highest BCUT2D eigenvalue weighted by Gasteiger charge is 2.04. The van der Waals surface area contributed by atoms with Crippen molar-refractivity contribution < 1.29 is 4.74 Å². The van der Waals surface area contributed by atoms with E-state index in [9.17, 15) is 0 Å². The van der Waals surface area contributed by atoms with Gasteiger partial charge in [-0.05, 0) is 40.8 Å². The Bertz CT molecular complexity index is 486. The molecule has 0 saturated heterocycles. The molecule has 2 aromatic rings. The number of ether oxygens (including phenoxy) is 1. The molecule has 2 rings (SSSR count). The fourth-order valence-corrected chi connectivity index (χ4v) is 2.07. The number of fused-ring (bicyclic) bond motifs is 1. The molecule has 0 unspecified atom stereocenters. The predicted octanol–water partition coefficient (Wildman–Crippen LogP) is 4.05. The van der Waals surface area contributed by atoms with Crippen molar-refractivity contribution in [1.82, 2.24) is 0 Å². The predicted molar refractivity (Wildman–Crippen MR) is 69.0 cm³/mol. The van der Waals surface area contributed by atoms with Crippen LogP contribution in [0.5, 0.6) is 5.75 Å². The van der Waals surface area contributed by atoms with Gasteiger partial charge in [-0.15, -0.1) is 0 Å². The van der Waals surface area contributed by atoms with Crippen LogP contribution in [0, 0.1) is 5.92 Å². The van der Waals surface area contributed by atoms with Gasteiger partial charge in [0.05, 0.1) is 7.11 Å². The Morgan fingerprint density at radius 1 is 1.12 bits per heavy atom. The average molecular weight is 214 g/mol. The summed E-state index contributed by atoms with van der Waals surface area (Å²) in [7, 11) is 1.71. The normalized spacial score (nSPS) is 11.0. The molecule has 0 radical (unpaired) electrons. The van der Waals surface area contributed by atoms with Crippen LogP contribution in [0.15, 0.2) is 36.4 Å². The second-order valence-electron chi connectivity index (χ2n) is 4.60. The van der Waals surface area contributed by atoms with Crippen LogP contribution in [0.2, 0.25) is 0 Å². The Kier molecular flexibility index (Phi) is 3.14. The fraction of sp³-hybridized carbons (Fsp3) is 0.333. The maximum absolute atomic E-state index is 5.24. The van der Waals surface area contributed by atoms with Gasteiger partial charge in [-0.2, -0.15) is 0 Å². The highest BCUT2D eigenvalue weighted by molar-refractivity contribution is 5.87. The van der Waals surface area contributed by atoms with Gasteiger partial charge in [-0.1, -0.05) is 38.1 Å². The van der Waals surface area contributed by atoms with Crippen molar-refractivity contribution in [3.8, 4) is 5.75 Å². The third-order valence-electron chi connectivity index (χ3n) is 2.81. The zero-order valence-corrected chi connectivity index (χ0v) is 10.2. The number of hydrogen-bond donors (Lipinski definition) is 0. The summed E-state index contributed by atoms with van der Waals surface area (Å²) in [6.07, 6.45) is 1.13. The SMILES string of the molecule is COc1ccc2c(CC(C)C)cccc2c1. The fourth-order valence-electron chi connectivity index (χ4n) is 2.07. The van der Waals surface area contributed by atoms with E-state index in [0.29, 0.717) is 5.92 Å². The van der Waals surface area contributed by atoms with Gasteiger partial charge in [-0.3, -0.25) is 0 Å². The van der Waals surface area contributed by atoms with E-state index >= 15 is 0 Å². The molecule has 0 aliphatic carbocycles. The van der Waals surface area contributed by atoms with Gasteiger partial charge in [0.25, 0.3) is 0 Å². The third kappa shape index (κ3) is 2.19. The van der Waals surface area contributed by atoms with E-state index in [0.717, 1.165) is 12.2 Å². The first-order valence-corrected chi connectivity index (χ1v) is 5.76. The maximum Gasteiger partial charge on any atom is 0.119 e. The lowest BCUT2D eigenvalue weighted by molar-refractivity contribution is 0.415. The van der Waals surface area contributed by atoms with Crippen LogP contribution in [0.4, 0.5) is 0 Å². The minimum atomic E-state index is 0.688. The van der Waals surface area contributed by atoms with Crippen molar-refractivity contribution in [2.24, 2.45) is 5.92 Å². The molecule has 0 atom stereocenters. The molecule has 0 aliphatic rings. The van der Waals surface area contributed by atoms with Crippen LogP contribution in [0.25, 0.3) is 10.8 Å². The molecule has 0 amide bonds. The second-order valence-corrected chi connectivity index (χ2v) is 4.60. The summed E-state index contributed by atoms with van der Waals surface area (Å²) in [5.41, 5.74) is 1.43. The minimum Gasteiger partial charge on any atom is -0.497 e. The number of rotatable bonds is 3. The van der Waals surface area contributed by atoms with E-state index in [1.807, 2.05) is 6.07 Å². The van der Waals surface area contributed by atoms with E-state index in [1.165, 1.54) is 16.3 Å². The second kappa shape index (κ2) is 4.56. The quantitative estimate of drug-likeness (QED) is 0.749. The summed E-state index contributed by atoms with van der Waals surface area (Å²) < 4.78 is 5.24. The lowest BCUT2D eigenvalue weighted by Gasteiger charge is -2.10. The molecule has 0 aromatic heterocycles. The zero-order valence-electron chi connectivity index (χ0n) is 10.2. The van der Waals surface area contributed by atoms with E-state index in [2.05, 4.69) is 44.2 Å². The topological polar surface area (TPSA) is 9.23 Å². The van der Waals surface area contributed by atoms with Gasteiger partial charge in [-0.25, -0.2) is 0 Å². The summed E-state index contributed by atoms with van der Waals surface area (Å²) in [6, 6.07) is 12.8. The first kappa shape index (κ1) is 11.0. The summed E-state index contributed by atoms with van der Waals surface area (Å²) in [6.45, 7) is 4.50. The third-order valence-corrected chi connectivity index (χ3v) is 2.81. The lowest BCUT2D eigenvalue weighted by Crippen LogP contribution is -1.95. The Morgan fingerprint density at radius 3 is 2.62 bits per heavy atom. The van der Waals surface area contributed by atoms with Crippen molar-refractivity contribution >= 4 is 10.8 Å². The Morgan fingerprint density at radius 2 is 1.94 bits per heavy atom. The molecule has 0 N–H and O–H groups in total. The van der Waals surface area contributed by atoms with Gasteiger partial charge >= 0.3 is 0 Å². The molecule has 0 spiro atoms. The van der Waals surface area contributed by atoms with Crippen molar-refractivity contribution in [1.29, 1.82) is 0 Å². The molecule has 16 heavy (non-hydrogen) atoms. The molecule has 0 bridgehead atoms. The van der Waals surface area contributed by atoms with Crippen LogP contribution in [0.3, 0.4) is 0 Å². The average Bonchev–Trinajstić information content (AvgIpc) is 2.28. The monoisotopic (exact) mass is 214 g/mol. The van der Waals surface area contributed by atoms with Crippen LogP contribution in [0.1, 0.15) is 19.4 Å². The van der Waals surface area contributed by atoms with Gasteiger partial charge in [0.2, 0.25) is 0 Å². The van der Waals surface area contributed by atoms with E-state index < -0.39 is 0 Å². The van der Waals surface area contributed by atoms with Crippen molar-refractivity contribution in [3.05, 3.63) is 42.0 Å². The van der Waals surface area contributed by atoms with Gasteiger partial charge in [0.1, 0.15) is 5.75 Å². The summed E-state index contributed by atoms with van der Waals surface area (Å²) in [5.74, 6) is 1.61. The molecule has 0 fully saturated rings. The minimum absolute atomic E-state index is 0.688. The molecular weight excluding hydrogens is 196 g/mol. The Labute approximate surface area is 97.1 Å². The van der Waals surface area contributed by atoms with Crippen molar-refractivity contribution in [2.75, 3.05) is 7.11 Å². The van der Waals surface area contributed by atoms with E-state index in [4.69, 9.17) is 4.74 Å². The lowest BCUT2D eigenvalue weighted by atomic mass is 9.97. The molecule has 1 heteroatoms. The molecular formula is C15H18O. The van der Waals surface area contributed by atoms with E-state index in [1.54, 1.807) is 7.11 Å². The number of benzene rings is 2. The van der Waals surface area contributed by atoms with Crippen LogP contribution in [-0.4, -0.2) is 7.11 Å². The Balaban J connectivity index is 2.51. The van der Waals surface area contributed by atoms with Crippen LogP contribution < -0.4 is 4.74 Å². The first-order valence-electron chi connectivity index (χ1n) is 5.76. The van der Waals surface area contributed by atoms with Gasteiger partial charge in [0, 0.05) is 0 Å². The highest BCUT2D eigenvalue weighted by Crippen LogP contribution is 2.25. The molecule has 1 nitrogen and oxygen atoms in total. The molecule has 84 valence electrons. The zero-order chi connectivity index (χ0) is 11.5. The standard InChI is InChI=1S/C15H18O/c1-11(2)9-12-5-4-6-13-10-14(16-3)7-8-15(12)13/h4-8,10-11H,9H2,1-3H3. The van der Waals surface area contributed by atoms with Gasteiger partial charge in [0.15, 0.2) is 0 Å². The molecule has 2 aromatic carbocycles. The van der Waals surface area contributed by atoms with Gasteiger partial charge < -0.3 is 4.74 Å². The summed E-state index contributed by atoms with van der Waals surface area (Å²) >= 11 is 0. The van der Waals surface area contributed by atoms with Crippen LogP contribution in [-0.2, 0) is 6.42 Å². The number of methoxy groups -OCH3 is 1. The van der Waals surface area contributed by atoms with Crippen molar-refractivity contribution in [2.45, 2.75) is 20.3 Å². The van der Waals surface area contributed by atoms with Crippen molar-refractivity contribution in [3.63, 3.8) is 0 Å². The molecule has 0 aliphatic heterocycles. The van der Waals surface area contributed by atoms with Crippen LogP contribution >= 0.6 is 0 Å². The summed E-state index contributed by atoms with van der Waals surface area (Å²) in [4.78, 5) is 0. The smallest absolute Gasteiger partial charge is 0.119 e. The Hall–Kier alpha value is -1.50. The summed E-state index contributed by atoms with van der Waals surface area (Å²) in [5, 5.41) is 2.61. The first-order chi connectivity index (χ1) is 7.70. The molecule has 0 heterocycles. The van der Waals surface area contributed by atoms with E-state index in [-0.39, 0.29) is 0 Å². The number of hydrogen-bond acceptors (Lipinski definition) is 1.